The van der Waals surface area contributed by atoms with Gasteiger partial charge in [0.2, 0.25) is 0 Å². The average Bonchev–Trinajstić information content (AvgIpc) is 2.90. The molecule has 1 N–H and O–H groups in total. The fourth-order valence-electron chi connectivity index (χ4n) is 2.29. The summed E-state index contributed by atoms with van der Waals surface area (Å²) in [6, 6.07) is 0. The van der Waals surface area contributed by atoms with Gasteiger partial charge in [0, 0.05) is 37.6 Å². The average molecular weight is 261 g/mol. The number of nitrogens with one attached hydrogen (secondary N) is 1. The summed E-state index contributed by atoms with van der Waals surface area (Å²) >= 11 is 0. The lowest BCUT2D eigenvalue weighted by Gasteiger charge is -2.05. The number of nitrogens with zero attached hydrogens (tertiary/aromatic N) is 4. The van der Waals surface area contributed by atoms with Gasteiger partial charge in [-0.3, -0.25) is 9.36 Å². The Bertz CT molecular complexity index is 538. The molecule has 0 fully saturated rings. The molecule has 104 valence electrons. The van der Waals surface area contributed by atoms with E-state index in [4.69, 9.17) is 0 Å². The van der Waals surface area contributed by atoms with Crippen LogP contribution in [-0.4, -0.2) is 26.1 Å². The molecule has 0 aliphatic heterocycles. The lowest BCUT2D eigenvalue weighted by atomic mass is 10.2. The van der Waals surface area contributed by atoms with E-state index in [2.05, 4.69) is 47.2 Å². The van der Waals surface area contributed by atoms with E-state index >= 15 is 0 Å². The van der Waals surface area contributed by atoms with Crippen molar-refractivity contribution >= 4 is 0 Å². The van der Waals surface area contributed by atoms with E-state index in [0.29, 0.717) is 0 Å². The molecule has 0 atom stereocenters. The van der Waals surface area contributed by atoms with Crippen molar-refractivity contribution in [2.24, 2.45) is 7.05 Å². The molecule has 2 aromatic heterocycles. The highest BCUT2D eigenvalue weighted by molar-refractivity contribution is 5.24. The third-order valence-electron chi connectivity index (χ3n) is 3.45. The van der Waals surface area contributed by atoms with Crippen LogP contribution in [0.2, 0.25) is 0 Å². The number of aryl methyl sites for hydroxylation is 4. The smallest absolute Gasteiger partial charge is 0.0641 e. The van der Waals surface area contributed by atoms with Crippen molar-refractivity contribution in [3.8, 4) is 0 Å². The molecule has 5 nitrogen and oxygen atoms in total. The predicted molar refractivity (Wildman–Crippen MR) is 76.0 cm³/mol. The molecule has 0 aromatic carbocycles. The van der Waals surface area contributed by atoms with Crippen molar-refractivity contribution < 1.29 is 0 Å². The van der Waals surface area contributed by atoms with Gasteiger partial charge >= 0.3 is 0 Å². The summed E-state index contributed by atoms with van der Waals surface area (Å²) in [4.78, 5) is 0. The fourth-order valence-corrected chi connectivity index (χ4v) is 2.29. The Morgan fingerprint density at radius 2 is 2.11 bits per heavy atom. The second-order valence-electron chi connectivity index (χ2n) is 4.93. The summed E-state index contributed by atoms with van der Waals surface area (Å²) in [6.07, 6.45) is 4.95. The van der Waals surface area contributed by atoms with Crippen LogP contribution in [0.1, 0.15) is 29.4 Å². The Kier molecular flexibility index (Phi) is 4.37. The molecule has 0 bridgehead atoms. The minimum Gasteiger partial charge on any atom is -0.313 e. The van der Waals surface area contributed by atoms with Gasteiger partial charge in [-0.2, -0.15) is 10.2 Å². The molecule has 2 aromatic rings. The Balaban J connectivity index is 2.04. The first kappa shape index (κ1) is 13.8. The van der Waals surface area contributed by atoms with Crippen molar-refractivity contribution in [3.05, 3.63) is 34.9 Å². The highest BCUT2D eigenvalue weighted by Gasteiger charge is 2.10. The first-order valence-electron chi connectivity index (χ1n) is 6.83. The molecule has 2 rings (SSSR count). The molecular formula is C14H23N5. The van der Waals surface area contributed by atoms with Gasteiger partial charge in [-0.05, 0) is 32.4 Å². The van der Waals surface area contributed by atoms with Crippen molar-refractivity contribution in [3.63, 3.8) is 0 Å². The van der Waals surface area contributed by atoms with Gasteiger partial charge in [0.1, 0.15) is 0 Å². The third-order valence-corrected chi connectivity index (χ3v) is 3.45. The monoisotopic (exact) mass is 261 g/mol. The van der Waals surface area contributed by atoms with Crippen molar-refractivity contribution in [2.45, 2.75) is 40.3 Å². The van der Waals surface area contributed by atoms with E-state index in [1.54, 1.807) is 0 Å². The summed E-state index contributed by atoms with van der Waals surface area (Å²) in [5.41, 5.74) is 4.98. The van der Waals surface area contributed by atoms with Crippen LogP contribution in [0.5, 0.6) is 0 Å². The van der Waals surface area contributed by atoms with E-state index in [9.17, 15) is 0 Å². The maximum absolute atomic E-state index is 4.63. The third kappa shape index (κ3) is 3.23. The summed E-state index contributed by atoms with van der Waals surface area (Å²) in [6.45, 7) is 9.15. The van der Waals surface area contributed by atoms with Crippen LogP contribution in [0.4, 0.5) is 0 Å². The zero-order valence-electron chi connectivity index (χ0n) is 12.3. The van der Waals surface area contributed by atoms with Crippen LogP contribution in [0.3, 0.4) is 0 Å². The van der Waals surface area contributed by atoms with E-state index in [1.165, 1.54) is 16.8 Å². The molecule has 0 aliphatic carbocycles. The van der Waals surface area contributed by atoms with Gasteiger partial charge in [0.25, 0.3) is 0 Å². The minimum atomic E-state index is 0.904. The maximum Gasteiger partial charge on any atom is 0.0641 e. The molecule has 0 amide bonds. The first-order chi connectivity index (χ1) is 9.11. The van der Waals surface area contributed by atoms with Crippen molar-refractivity contribution in [1.29, 1.82) is 0 Å². The molecule has 0 aliphatic rings. The van der Waals surface area contributed by atoms with Gasteiger partial charge in [-0.25, -0.2) is 0 Å². The first-order valence-corrected chi connectivity index (χ1v) is 6.83. The van der Waals surface area contributed by atoms with Gasteiger partial charge in [0.05, 0.1) is 11.9 Å². The van der Waals surface area contributed by atoms with E-state index in [1.807, 2.05) is 17.9 Å². The second-order valence-corrected chi connectivity index (χ2v) is 4.93. The molecule has 0 unspecified atom stereocenters. The molecule has 0 saturated carbocycles. The lowest BCUT2D eigenvalue weighted by Crippen LogP contribution is -2.13. The molecule has 0 radical (unpaired) electrons. The van der Waals surface area contributed by atoms with Gasteiger partial charge < -0.3 is 5.32 Å². The maximum atomic E-state index is 4.63. The normalized spacial score (nSPS) is 11.2. The number of hydrogen-bond acceptors (Lipinski definition) is 3. The van der Waals surface area contributed by atoms with Crippen LogP contribution >= 0.6 is 0 Å². The van der Waals surface area contributed by atoms with Crippen LogP contribution in [-0.2, 0) is 26.6 Å². The molecule has 19 heavy (non-hydrogen) atoms. The molecule has 0 saturated heterocycles. The molecule has 2 heterocycles. The molecule has 0 spiro atoms. The van der Waals surface area contributed by atoms with Gasteiger partial charge in [0.15, 0.2) is 0 Å². The Hall–Kier alpha value is -1.62. The largest absolute Gasteiger partial charge is 0.313 e. The quantitative estimate of drug-likeness (QED) is 0.859. The van der Waals surface area contributed by atoms with E-state index in [-0.39, 0.29) is 0 Å². The Morgan fingerprint density at radius 1 is 1.32 bits per heavy atom. The Labute approximate surface area is 114 Å². The topological polar surface area (TPSA) is 47.7 Å². The minimum absolute atomic E-state index is 0.904. The van der Waals surface area contributed by atoms with Crippen LogP contribution in [0.15, 0.2) is 12.4 Å². The van der Waals surface area contributed by atoms with E-state index in [0.717, 1.165) is 31.7 Å². The molecular weight excluding hydrogens is 238 g/mol. The van der Waals surface area contributed by atoms with E-state index < -0.39 is 0 Å². The summed E-state index contributed by atoms with van der Waals surface area (Å²) < 4.78 is 3.95. The fraction of sp³-hybridized carbons (Fsp3) is 0.571. The summed E-state index contributed by atoms with van der Waals surface area (Å²) in [5.74, 6) is 0. The van der Waals surface area contributed by atoms with Gasteiger partial charge in [-0.15, -0.1) is 0 Å². The summed E-state index contributed by atoms with van der Waals surface area (Å²) in [5, 5.41) is 12.2. The highest BCUT2D eigenvalue weighted by Crippen LogP contribution is 2.13. The summed E-state index contributed by atoms with van der Waals surface area (Å²) in [7, 11) is 1.95. The number of rotatable bonds is 6. The van der Waals surface area contributed by atoms with Crippen LogP contribution < -0.4 is 5.32 Å². The molecule has 5 heteroatoms. The van der Waals surface area contributed by atoms with Crippen molar-refractivity contribution in [1.82, 2.24) is 24.9 Å². The predicted octanol–water partition coefficient (Wildman–Crippen LogP) is 1.59. The second kappa shape index (κ2) is 6.02. The lowest BCUT2D eigenvalue weighted by molar-refractivity contribution is 0.592. The van der Waals surface area contributed by atoms with Gasteiger partial charge in [-0.1, -0.05) is 6.92 Å². The SMILES string of the molecule is CCNCc1c(C)nn(CCc2cnn(C)c2)c1C. The number of hydrogen-bond donors (Lipinski definition) is 1. The zero-order valence-corrected chi connectivity index (χ0v) is 12.3. The standard InChI is InChI=1S/C14H23N5/c1-5-15-9-14-11(2)17-19(12(14)3)7-6-13-8-16-18(4)10-13/h8,10,15H,5-7,9H2,1-4H3. The number of aromatic nitrogens is 4. The van der Waals surface area contributed by atoms with Crippen LogP contribution in [0.25, 0.3) is 0 Å². The Morgan fingerprint density at radius 3 is 2.74 bits per heavy atom. The van der Waals surface area contributed by atoms with Crippen molar-refractivity contribution in [2.75, 3.05) is 6.54 Å². The van der Waals surface area contributed by atoms with Crippen LogP contribution in [0, 0.1) is 13.8 Å². The zero-order chi connectivity index (χ0) is 13.8. The highest BCUT2D eigenvalue weighted by atomic mass is 15.3.